The lowest BCUT2D eigenvalue weighted by atomic mass is 10.3. The Morgan fingerprint density at radius 3 is 2.39 bits per heavy atom. The topological polar surface area (TPSA) is 61.4 Å². The fourth-order valence-corrected chi connectivity index (χ4v) is 2.47. The van der Waals surface area contributed by atoms with Crippen molar-refractivity contribution in [3.05, 3.63) is 24.3 Å². The summed E-state index contributed by atoms with van der Waals surface area (Å²) < 4.78 is 24.4. The third-order valence-electron chi connectivity index (χ3n) is 3.13. The second kappa shape index (κ2) is 8.26. The number of hydrogen-bond donors (Lipinski definition) is 2. The Morgan fingerprint density at radius 1 is 1.22 bits per heavy atom. The fourth-order valence-electron chi connectivity index (χ4n) is 1.97. The molecule has 1 aliphatic rings. The van der Waals surface area contributed by atoms with Gasteiger partial charge in [-0.3, -0.25) is 14.5 Å². The van der Waals surface area contributed by atoms with E-state index in [0.29, 0.717) is 28.4 Å². The number of amides is 2. The third kappa shape index (κ3) is 6.96. The maximum absolute atomic E-state index is 12.2. The standard InChI is InChI=1S/C15H19F2N3O2S/c1-20(8-13(21)18-10-2-3-10)9-14(22)19-11-4-6-12(7-5-11)23-15(16)17/h4-7,10,15H,2-3,8-9H2,1H3,(H,18,21)(H,19,22). The Hall–Kier alpha value is -1.67. The van der Waals surface area contributed by atoms with Gasteiger partial charge in [-0.05, 0) is 44.2 Å². The molecule has 1 saturated carbocycles. The number of benzene rings is 1. The van der Waals surface area contributed by atoms with Crippen molar-refractivity contribution in [3.8, 4) is 0 Å². The maximum Gasteiger partial charge on any atom is 0.288 e. The number of alkyl halides is 2. The minimum absolute atomic E-state index is 0.0750. The van der Waals surface area contributed by atoms with Crippen LogP contribution in [0.4, 0.5) is 14.5 Å². The van der Waals surface area contributed by atoms with E-state index in [1.807, 2.05) is 0 Å². The Balaban J connectivity index is 1.73. The van der Waals surface area contributed by atoms with Gasteiger partial charge in [-0.15, -0.1) is 0 Å². The molecule has 126 valence electrons. The molecule has 8 heteroatoms. The largest absolute Gasteiger partial charge is 0.352 e. The van der Waals surface area contributed by atoms with Gasteiger partial charge in [0.05, 0.1) is 13.1 Å². The van der Waals surface area contributed by atoms with Crippen LogP contribution in [0.5, 0.6) is 0 Å². The van der Waals surface area contributed by atoms with E-state index in [1.54, 1.807) is 24.1 Å². The predicted molar refractivity (Wildman–Crippen MR) is 85.6 cm³/mol. The molecule has 0 aliphatic heterocycles. The van der Waals surface area contributed by atoms with E-state index < -0.39 is 5.76 Å². The molecule has 1 aromatic carbocycles. The fraction of sp³-hybridized carbons (Fsp3) is 0.467. The van der Waals surface area contributed by atoms with Gasteiger partial charge < -0.3 is 10.6 Å². The quantitative estimate of drug-likeness (QED) is 0.710. The van der Waals surface area contributed by atoms with Crippen LogP contribution in [0.25, 0.3) is 0 Å². The number of nitrogens with zero attached hydrogens (tertiary/aromatic N) is 1. The summed E-state index contributed by atoms with van der Waals surface area (Å²) in [5.74, 6) is -2.82. The van der Waals surface area contributed by atoms with Crippen LogP contribution in [0.15, 0.2) is 29.2 Å². The highest BCUT2D eigenvalue weighted by Crippen LogP contribution is 2.26. The average molecular weight is 343 g/mol. The highest BCUT2D eigenvalue weighted by atomic mass is 32.2. The molecule has 0 unspecified atom stereocenters. The van der Waals surface area contributed by atoms with Crippen LogP contribution in [0, 0.1) is 0 Å². The number of hydrogen-bond acceptors (Lipinski definition) is 4. The first kappa shape index (κ1) is 17.7. The number of likely N-dealkylation sites (N-methyl/N-ethyl adjacent to an activating group) is 1. The van der Waals surface area contributed by atoms with Crippen LogP contribution >= 0.6 is 11.8 Å². The van der Waals surface area contributed by atoms with Crippen molar-refractivity contribution in [2.75, 3.05) is 25.5 Å². The minimum Gasteiger partial charge on any atom is -0.352 e. The van der Waals surface area contributed by atoms with E-state index in [4.69, 9.17) is 0 Å². The van der Waals surface area contributed by atoms with E-state index in [2.05, 4.69) is 10.6 Å². The molecule has 5 nitrogen and oxygen atoms in total. The van der Waals surface area contributed by atoms with Gasteiger partial charge in [-0.1, -0.05) is 11.8 Å². The summed E-state index contributed by atoms with van der Waals surface area (Å²) in [6, 6.07) is 6.50. The van der Waals surface area contributed by atoms with Crippen LogP contribution in [-0.2, 0) is 9.59 Å². The SMILES string of the molecule is CN(CC(=O)Nc1ccc(SC(F)F)cc1)CC(=O)NC1CC1. The number of anilines is 1. The van der Waals surface area contributed by atoms with E-state index in [-0.39, 0.29) is 24.9 Å². The van der Waals surface area contributed by atoms with E-state index in [1.165, 1.54) is 12.1 Å². The molecular weight excluding hydrogens is 324 g/mol. The lowest BCUT2D eigenvalue weighted by Gasteiger charge is -2.16. The third-order valence-corrected chi connectivity index (χ3v) is 3.86. The summed E-state index contributed by atoms with van der Waals surface area (Å²) in [5.41, 5.74) is 0.532. The van der Waals surface area contributed by atoms with Gasteiger partial charge in [0.1, 0.15) is 0 Å². The molecule has 0 aromatic heterocycles. The highest BCUT2D eigenvalue weighted by molar-refractivity contribution is 7.99. The smallest absolute Gasteiger partial charge is 0.288 e. The van der Waals surface area contributed by atoms with Crippen molar-refractivity contribution in [2.24, 2.45) is 0 Å². The Labute approximate surface area is 137 Å². The van der Waals surface area contributed by atoms with Crippen molar-refractivity contribution in [1.82, 2.24) is 10.2 Å². The average Bonchev–Trinajstić information content (AvgIpc) is 3.23. The first-order chi connectivity index (χ1) is 10.9. The molecule has 0 bridgehead atoms. The van der Waals surface area contributed by atoms with E-state index >= 15 is 0 Å². The van der Waals surface area contributed by atoms with Crippen LogP contribution < -0.4 is 10.6 Å². The zero-order chi connectivity index (χ0) is 16.8. The van der Waals surface area contributed by atoms with Crippen LogP contribution in [0.3, 0.4) is 0 Å². The van der Waals surface area contributed by atoms with Crippen molar-refractivity contribution in [3.63, 3.8) is 0 Å². The summed E-state index contributed by atoms with van der Waals surface area (Å²) in [4.78, 5) is 25.6. The summed E-state index contributed by atoms with van der Waals surface area (Å²) in [5, 5.41) is 5.52. The number of halogens is 2. The van der Waals surface area contributed by atoms with Crippen molar-refractivity contribution in [2.45, 2.75) is 29.5 Å². The molecule has 1 aromatic rings. The minimum atomic E-state index is -2.47. The van der Waals surface area contributed by atoms with E-state index in [0.717, 1.165) is 12.8 Å². The zero-order valence-electron chi connectivity index (χ0n) is 12.7. The van der Waals surface area contributed by atoms with Gasteiger partial charge >= 0.3 is 0 Å². The lowest BCUT2D eigenvalue weighted by Crippen LogP contribution is -2.39. The zero-order valence-corrected chi connectivity index (χ0v) is 13.5. The molecular formula is C15H19F2N3O2S. The maximum atomic E-state index is 12.2. The molecule has 0 saturated heterocycles. The van der Waals surface area contributed by atoms with Crippen molar-refractivity contribution < 1.29 is 18.4 Å². The van der Waals surface area contributed by atoms with Gasteiger partial charge in [-0.25, -0.2) is 0 Å². The second-order valence-electron chi connectivity index (χ2n) is 5.47. The number of carbonyl (C=O) groups is 2. The normalized spacial score (nSPS) is 14.1. The van der Waals surface area contributed by atoms with Gasteiger partial charge in [0, 0.05) is 16.6 Å². The Bertz CT molecular complexity index is 550. The Kier molecular flexibility index (Phi) is 6.35. The lowest BCUT2D eigenvalue weighted by molar-refractivity contribution is -0.123. The summed E-state index contributed by atoms with van der Waals surface area (Å²) in [6.45, 7) is 0.236. The first-order valence-electron chi connectivity index (χ1n) is 7.25. The summed E-state index contributed by atoms with van der Waals surface area (Å²) in [6.07, 6.45) is 2.05. The van der Waals surface area contributed by atoms with Gasteiger partial charge in [0.2, 0.25) is 11.8 Å². The van der Waals surface area contributed by atoms with Crippen LogP contribution in [-0.4, -0.2) is 48.7 Å². The first-order valence-corrected chi connectivity index (χ1v) is 8.13. The van der Waals surface area contributed by atoms with Gasteiger partial charge in [0.25, 0.3) is 5.76 Å². The summed E-state index contributed by atoms with van der Waals surface area (Å²) in [7, 11) is 1.69. The molecule has 0 spiro atoms. The number of thioether (sulfide) groups is 1. The van der Waals surface area contributed by atoms with Crippen molar-refractivity contribution >= 4 is 29.3 Å². The molecule has 2 amide bonds. The van der Waals surface area contributed by atoms with Crippen LogP contribution in [0.1, 0.15) is 12.8 Å². The molecule has 0 atom stereocenters. The second-order valence-corrected chi connectivity index (χ2v) is 6.53. The molecule has 2 N–H and O–H groups in total. The van der Waals surface area contributed by atoms with E-state index in [9.17, 15) is 18.4 Å². The molecule has 2 rings (SSSR count). The molecule has 0 radical (unpaired) electrons. The monoisotopic (exact) mass is 343 g/mol. The molecule has 1 aliphatic carbocycles. The van der Waals surface area contributed by atoms with Gasteiger partial charge in [0.15, 0.2) is 0 Å². The van der Waals surface area contributed by atoms with Gasteiger partial charge in [-0.2, -0.15) is 8.78 Å². The van der Waals surface area contributed by atoms with Crippen molar-refractivity contribution in [1.29, 1.82) is 0 Å². The molecule has 1 fully saturated rings. The molecule has 0 heterocycles. The van der Waals surface area contributed by atoms with Crippen LogP contribution in [0.2, 0.25) is 0 Å². The number of nitrogens with one attached hydrogen (secondary N) is 2. The highest BCUT2D eigenvalue weighted by Gasteiger charge is 2.23. The summed E-state index contributed by atoms with van der Waals surface area (Å²) >= 11 is 0.455. The Morgan fingerprint density at radius 2 is 1.83 bits per heavy atom. The predicted octanol–water partition coefficient (Wildman–Crippen LogP) is 2.15. The molecule has 23 heavy (non-hydrogen) atoms. The number of rotatable bonds is 8. The number of carbonyl (C=O) groups excluding carboxylic acids is 2.